The molecule has 0 aliphatic carbocycles. The quantitative estimate of drug-likeness (QED) is 0.199. The van der Waals surface area contributed by atoms with E-state index in [4.69, 9.17) is 5.73 Å². The van der Waals surface area contributed by atoms with E-state index in [9.17, 15) is 24.3 Å². The number of aliphatic carboxylic acids is 1. The number of hydrogen-bond donors (Lipinski definition) is 6. The summed E-state index contributed by atoms with van der Waals surface area (Å²) in [5.41, 5.74) is 6.57. The standard InChI is InChI=1S/C22H38N6O5S/c1-6-13(4)18(22(32)33)28-21(31)17(12(2)3)27-20(30)16(9-14-10-24-11-25-14)26-19(29)15(23)7-8-34-5/h10-13,15-18H,6-9,23H2,1-5H3,(H,24,25)(H,26,29)(H,27,30)(H,28,31)(H,32,33). The topological polar surface area (TPSA) is 179 Å². The molecule has 3 amide bonds. The van der Waals surface area contributed by atoms with Gasteiger partial charge < -0.3 is 31.8 Å². The Balaban J connectivity index is 3.01. The van der Waals surface area contributed by atoms with Crippen LogP contribution in [0.2, 0.25) is 0 Å². The van der Waals surface area contributed by atoms with Crippen LogP contribution >= 0.6 is 11.8 Å². The number of imidazole rings is 1. The van der Waals surface area contributed by atoms with Crippen molar-refractivity contribution < 1.29 is 24.3 Å². The van der Waals surface area contributed by atoms with Crippen LogP contribution in [0.1, 0.15) is 46.2 Å². The van der Waals surface area contributed by atoms with E-state index in [0.29, 0.717) is 24.3 Å². The molecule has 0 aromatic carbocycles. The lowest BCUT2D eigenvalue weighted by Gasteiger charge is -2.28. The molecule has 5 atom stereocenters. The van der Waals surface area contributed by atoms with Crippen LogP contribution in [-0.2, 0) is 25.6 Å². The van der Waals surface area contributed by atoms with E-state index < -0.39 is 47.9 Å². The number of hydrogen-bond acceptors (Lipinski definition) is 7. The second-order valence-corrected chi connectivity index (χ2v) is 9.66. The van der Waals surface area contributed by atoms with Crippen molar-refractivity contribution in [2.75, 3.05) is 12.0 Å². The summed E-state index contributed by atoms with van der Waals surface area (Å²) in [4.78, 5) is 57.1. The number of nitrogens with one attached hydrogen (secondary N) is 4. The summed E-state index contributed by atoms with van der Waals surface area (Å²) in [6, 6.07) is -3.86. The molecule has 0 saturated carbocycles. The van der Waals surface area contributed by atoms with Gasteiger partial charge in [0.05, 0.1) is 12.4 Å². The zero-order chi connectivity index (χ0) is 25.8. The Morgan fingerprint density at radius 3 is 2.24 bits per heavy atom. The number of carboxylic acid groups (broad SMARTS) is 1. The second-order valence-electron chi connectivity index (χ2n) is 8.67. The van der Waals surface area contributed by atoms with Crippen molar-refractivity contribution in [2.24, 2.45) is 17.6 Å². The second kappa shape index (κ2) is 14.6. The molecular formula is C22H38N6O5S. The van der Waals surface area contributed by atoms with Gasteiger partial charge in [-0.05, 0) is 30.3 Å². The molecule has 1 aromatic heterocycles. The molecule has 12 heteroatoms. The predicted molar refractivity (Wildman–Crippen MR) is 131 cm³/mol. The minimum atomic E-state index is -1.14. The first-order valence-corrected chi connectivity index (χ1v) is 12.8. The van der Waals surface area contributed by atoms with Gasteiger partial charge >= 0.3 is 5.97 Å². The van der Waals surface area contributed by atoms with Crippen molar-refractivity contribution in [3.05, 3.63) is 18.2 Å². The lowest BCUT2D eigenvalue weighted by molar-refractivity contribution is -0.144. The highest BCUT2D eigenvalue weighted by molar-refractivity contribution is 7.98. The fraction of sp³-hybridized carbons (Fsp3) is 0.682. The van der Waals surface area contributed by atoms with Crippen LogP contribution < -0.4 is 21.7 Å². The number of carboxylic acids is 1. The molecule has 0 aliphatic rings. The zero-order valence-electron chi connectivity index (χ0n) is 20.5. The van der Waals surface area contributed by atoms with E-state index in [-0.39, 0.29) is 18.3 Å². The Bertz CT molecular complexity index is 804. The summed E-state index contributed by atoms with van der Waals surface area (Å²) >= 11 is 1.56. The molecule has 7 N–H and O–H groups in total. The first kappa shape index (κ1) is 29.4. The number of H-pyrrole nitrogens is 1. The molecule has 34 heavy (non-hydrogen) atoms. The molecule has 1 heterocycles. The van der Waals surface area contributed by atoms with Gasteiger partial charge in [-0.2, -0.15) is 11.8 Å². The predicted octanol–water partition coefficient (Wildman–Crippen LogP) is 0.274. The van der Waals surface area contributed by atoms with Crippen molar-refractivity contribution in [1.29, 1.82) is 0 Å². The van der Waals surface area contributed by atoms with Gasteiger partial charge in [-0.3, -0.25) is 14.4 Å². The first-order valence-electron chi connectivity index (χ1n) is 11.4. The molecule has 0 aliphatic heterocycles. The lowest BCUT2D eigenvalue weighted by Crippen LogP contribution is -2.59. The number of aromatic nitrogens is 2. The smallest absolute Gasteiger partial charge is 0.326 e. The Morgan fingerprint density at radius 1 is 1.09 bits per heavy atom. The maximum atomic E-state index is 13.2. The van der Waals surface area contributed by atoms with Crippen LogP contribution in [0.15, 0.2) is 12.5 Å². The minimum absolute atomic E-state index is 0.115. The van der Waals surface area contributed by atoms with E-state index >= 15 is 0 Å². The third-order valence-corrected chi connectivity index (χ3v) is 6.25. The number of amides is 3. The molecule has 0 spiro atoms. The monoisotopic (exact) mass is 498 g/mol. The fourth-order valence-electron chi connectivity index (χ4n) is 3.20. The van der Waals surface area contributed by atoms with Crippen molar-refractivity contribution in [3.8, 4) is 0 Å². The Labute approximate surface area is 204 Å². The third-order valence-electron chi connectivity index (χ3n) is 5.61. The summed E-state index contributed by atoms with van der Waals surface area (Å²) in [6.07, 6.45) is 6.04. The van der Waals surface area contributed by atoms with Gasteiger partial charge in [-0.1, -0.05) is 34.1 Å². The van der Waals surface area contributed by atoms with Crippen LogP contribution in [0, 0.1) is 11.8 Å². The molecule has 1 rings (SSSR count). The van der Waals surface area contributed by atoms with E-state index in [1.165, 1.54) is 12.5 Å². The Hall–Kier alpha value is -2.60. The van der Waals surface area contributed by atoms with Gasteiger partial charge in [0.1, 0.15) is 18.1 Å². The number of nitrogens with two attached hydrogens (primary N) is 1. The first-order chi connectivity index (χ1) is 16.0. The molecule has 0 saturated heterocycles. The Morgan fingerprint density at radius 2 is 1.74 bits per heavy atom. The van der Waals surface area contributed by atoms with Gasteiger partial charge in [0, 0.05) is 18.3 Å². The SMILES string of the molecule is CCC(C)C(NC(=O)C(NC(=O)C(Cc1cnc[nH]1)NC(=O)C(N)CCSC)C(C)C)C(=O)O. The van der Waals surface area contributed by atoms with Crippen molar-refractivity contribution in [3.63, 3.8) is 0 Å². The number of rotatable bonds is 15. The van der Waals surface area contributed by atoms with Crippen molar-refractivity contribution in [1.82, 2.24) is 25.9 Å². The lowest BCUT2D eigenvalue weighted by atomic mass is 9.97. The molecule has 11 nitrogen and oxygen atoms in total. The molecular weight excluding hydrogens is 460 g/mol. The van der Waals surface area contributed by atoms with Gasteiger partial charge in [0.25, 0.3) is 0 Å². The molecule has 0 radical (unpaired) electrons. The molecule has 1 aromatic rings. The van der Waals surface area contributed by atoms with Crippen molar-refractivity contribution >= 4 is 35.5 Å². The Kier molecular flexibility index (Phi) is 12.7. The number of carbonyl (C=O) groups is 4. The molecule has 192 valence electrons. The minimum Gasteiger partial charge on any atom is -0.480 e. The summed E-state index contributed by atoms with van der Waals surface area (Å²) in [7, 11) is 0. The van der Waals surface area contributed by atoms with Crippen LogP contribution in [-0.4, -0.2) is 74.9 Å². The summed E-state index contributed by atoms with van der Waals surface area (Å²) < 4.78 is 0. The number of thioether (sulfide) groups is 1. The molecule has 5 unspecified atom stereocenters. The van der Waals surface area contributed by atoms with Crippen LogP contribution in [0.4, 0.5) is 0 Å². The third kappa shape index (κ3) is 9.34. The van der Waals surface area contributed by atoms with Crippen LogP contribution in [0.25, 0.3) is 0 Å². The maximum absolute atomic E-state index is 13.2. The zero-order valence-corrected chi connectivity index (χ0v) is 21.3. The number of nitrogens with zero attached hydrogens (tertiary/aromatic N) is 1. The van der Waals surface area contributed by atoms with E-state index in [1.807, 2.05) is 13.2 Å². The van der Waals surface area contributed by atoms with E-state index in [1.54, 1.807) is 32.5 Å². The summed E-state index contributed by atoms with van der Waals surface area (Å²) in [6.45, 7) is 7.05. The van der Waals surface area contributed by atoms with Gasteiger partial charge in [0.15, 0.2) is 0 Å². The fourth-order valence-corrected chi connectivity index (χ4v) is 3.68. The van der Waals surface area contributed by atoms with Crippen LogP contribution in [0.5, 0.6) is 0 Å². The highest BCUT2D eigenvalue weighted by atomic mass is 32.2. The maximum Gasteiger partial charge on any atom is 0.326 e. The average Bonchev–Trinajstić information content (AvgIpc) is 3.30. The number of carbonyl (C=O) groups excluding carboxylic acids is 3. The number of aromatic amines is 1. The van der Waals surface area contributed by atoms with E-state index in [2.05, 4.69) is 25.9 Å². The largest absolute Gasteiger partial charge is 0.480 e. The highest BCUT2D eigenvalue weighted by Gasteiger charge is 2.33. The highest BCUT2D eigenvalue weighted by Crippen LogP contribution is 2.11. The molecule has 0 bridgehead atoms. The summed E-state index contributed by atoms with van der Waals surface area (Å²) in [5, 5.41) is 17.4. The van der Waals surface area contributed by atoms with Gasteiger partial charge in [0.2, 0.25) is 17.7 Å². The van der Waals surface area contributed by atoms with Gasteiger partial charge in [-0.25, -0.2) is 9.78 Å². The molecule has 0 fully saturated rings. The normalized spacial score (nSPS) is 15.6. The summed E-state index contributed by atoms with van der Waals surface area (Å²) in [5.74, 6) is -2.71. The van der Waals surface area contributed by atoms with E-state index in [0.717, 1.165) is 0 Å². The van der Waals surface area contributed by atoms with Crippen molar-refractivity contribution in [2.45, 2.75) is 71.1 Å². The average molecular weight is 499 g/mol. The van der Waals surface area contributed by atoms with Crippen LogP contribution in [0.3, 0.4) is 0 Å². The van der Waals surface area contributed by atoms with Gasteiger partial charge in [-0.15, -0.1) is 0 Å².